The number of ether oxygens (including phenoxy) is 2. The first-order valence-corrected chi connectivity index (χ1v) is 9.91. The SMILES string of the molecule is CCN(CC)[C@H](CNC(=O)COCc1ccc(OC)cc1)Cc1ccccc1. The quantitative estimate of drug-likeness (QED) is 0.610. The molecule has 152 valence electrons. The molecule has 1 N–H and O–H groups in total. The minimum absolute atomic E-state index is 0.0579. The lowest BCUT2D eigenvalue weighted by Crippen LogP contribution is -2.45. The average molecular weight is 385 g/mol. The molecule has 1 atom stereocenters. The molecule has 5 heteroatoms. The third-order valence-corrected chi connectivity index (χ3v) is 4.84. The Morgan fingerprint density at radius 3 is 2.29 bits per heavy atom. The van der Waals surface area contributed by atoms with Crippen molar-refractivity contribution >= 4 is 5.91 Å². The Morgan fingerprint density at radius 2 is 1.68 bits per heavy atom. The molecule has 0 fully saturated rings. The molecular weight excluding hydrogens is 352 g/mol. The highest BCUT2D eigenvalue weighted by molar-refractivity contribution is 5.77. The van der Waals surface area contributed by atoms with Gasteiger partial charge in [-0.15, -0.1) is 0 Å². The molecule has 0 saturated carbocycles. The molecule has 1 amide bonds. The highest BCUT2D eigenvalue weighted by Crippen LogP contribution is 2.12. The van der Waals surface area contributed by atoms with Crippen LogP contribution in [0.15, 0.2) is 54.6 Å². The van der Waals surface area contributed by atoms with Crippen molar-refractivity contribution in [2.24, 2.45) is 0 Å². The molecule has 0 aromatic heterocycles. The lowest BCUT2D eigenvalue weighted by molar-refractivity contribution is -0.126. The van der Waals surface area contributed by atoms with Crippen LogP contribution < -0.4 is 10.1 Å². The number of amides is 1. The van der Waals surface area contributed by atoms with Crippen LogP contribution in [0.25, 0.3) is 0 Å². The predicted octanol–water partition coefficient (Wildman–Crippen LogP) is 3.28. The van der Waals surface area contributed by atoms with Gasteiger partial charge < -0.3 is 14.8 Å². The molecule has 0 heterocycles. The molecule has 0 unspecified atom stereocenters. The van der Waals surface area contributed by atoms with E-state index in [9.17, 15) is 4.79 Å². The van der Waals surface area contributed by atoms with E-state index in [4.69, 9.17) is 9.47 Å². The van der Waals surface area contributed by atoms with Crippen LogP contribution in [0.1, 0.15) is 25.0 Å². The summed E-state index contributed by atoms with van der Waals surface area (Å²) in [6.45, 7) is 7.29. The van der Waals surface area contributed by atoms with Gasteiger partial charge in [0.05, 0.1) is 13.7 Å². The van der Waals surface area contributed by atoms with Crippen molar-refractivity contribution in [1.82, 2.24) is 10.2 Å². The lowest BCUT2D eigenvalue weighted by Gasteiger charge is -2.30. The van der Waals surface area contributed by atoms with Crippen molar-refractivity contribution in [2.45, 2.75) is 32.9 Å². The first kappa shape index (κ1) is 21.9. The topological polar surface area (TPSA) is 50.8 Å². The highest BCUT2D eigenvalue weighted by Gasteiger charge is 2.17. The number of hydrogen-bond donors (Lipinski definition) is 1. The third kappa shape index (κ3) is 7.33. The maximum absolute atomic E-state index is 12.2. The second-order valence-electron chi connectivity index (χ2n) is 6.71. The van der Waals surface area contributed by atoms with Gasteiger partial charge in [0, 0.05) is 12.6 Å². The molecule has 5 nitrogen and oxygen atoms in total. The lowest BCUT2D eigenvalue weighted by atomic mass is 10.0. The van der Waals surface area contributed by atoms with Crippen LogP contribution in [0.3, 0.4) is 0 Å². The summed E-state index contributed by atoms with van der Waals surface area (Å²) in [5.74, 6) is 0.723. The number of carbonyl (C=O) groups is 1. The molecule has 2 aromatic carbocycles. The first-order chi connectivity index (χ1) is 13.7. The molecule has 0 radical (unpaired) electrons. The number of nitrogens with zero attached hydrogens (tertiary/aromatic N) is 1. The zero-order chi connectivity index (χ0) is 20.2. The van der Waals surface area contributed by atoms with Gasteiger partial charge in [-0.25, -0.2) is 0 Å². The number of carbonyl (C=O) groups excluding carboxylic acids is 1. The summed E-state index contributed by atoms with van der Waals surface area (Å²) < 4.78 is 10.7. The Hall–Kier alpha value is -2.37. The van der Waals surface area contributed by atoms with E-state index in [-0.39, 0.29) is 18.6 Å². The Labute approximate surface area is 168 Å². The normalized spacial score (nSPS) is 12.0. The number of benzene rings is 2. The first-order valence-electron chi connectivity index (χ1n) is 9.91. The summed E-state index contributed by atoms with van der Waals surface area (Å²) in [4.78, 5) is 14.6. The van der Waals surface area contributed by atoms with Crippen molar-refractivity contribution in [2.75, 3.05) is 33.4 Å². The zero-order valence-electron chi connectivity index (χ0n) is 17.2. The summed E-state index contributed by atoms with van der Waals surface area (Å²) in [6, 6.07) is 18.3. The fourth-order valence-electron chi connectivity index (χ4n) is 3.22. The summed E-state index contributed by atoms with van der Waals surface area (Å²) >= 11 is 0. The average Bonchev–Trinajstić information content (AvgIpc) is 2.74. The number of nitrogens with one attached hydrogen (secondary N) is 1. The van der Waals surface area contributed by atoms with Crippen molar-refractivity contribution in [1.29, 1.82) is 0 Å². The van der Waals surface area contributed by atoms with E-state index in [0.717, 1.165) is 30.8 Å². The molecule has 0 spiro atoms. The molecule has 0 aliphatic heterocycles. The van der Waals surface area contributed by atoms with E-state index in [0.29, 0.717) is 13.2 Å². The van der Waals surface area contributed by atoms with Gasteiger partial charge in [-0.3, -0.25) is 9.69 Å². The van der Waals surface area contributed by atoms with Crippen LogP contribution in [0.4, 0.5) is 0 Å². The highest BCUT2D eigenvalue weighted by atomic mass is 16.5. The van der Waals surface area contributed by atoms with Crippen molar-refractivity contribution in [3.8, 4) is 5.75 Å². The second-order valence-corrected chi connectivity index (χ2v) is 6.71. The minimum atomic E-state index is -0.0845. The van der Waals surface area contributed by atoms with Gasteiger partial charge >= 0.3 is 0 Å². The standard InChI is InChI=1S/C23H32N2O3/c1-4-25(5-2)21(15-19-9-7-6-8-10-19)16-24-23(26)18-28-17-20-11-13-22(27-3)14-12-20/h6-14,21H,4-5,15-18H2,1-3H3,(H,24,26)/t21-/m0/s1. The van der Waals surface area contributed by atoms with E-state index in [1.807, 2.05) is 30.3 Å². The summed E-state index contributed by atoms with van der Waals surface area (Å²) in [5, 5.41) is 3.03. The van der Waals surface area contributed by atoms with Gasteiger partial charge in [0.25, 0.3) is 0 Å². The number of likely N-dealkylation sites (N-methyl/N-ethyl adjacent to an activating group) is 1. The molecule has 0 aliphatic carbocycles. The maximum Gasteiger partial charge on any atom is 0.246 e. The van der Waals surface area contributed by atoms with Gasteiger partial charge in [-0.2, -0.15) is 0 Å². The van der Waals surface area contributed by atoms with E-state index in [1.165, 1.54) is 5.56 Å². The van der Waals surface area contributed by atoms with E-state index < -0.39 is 0 Å². The largest absolute Gasteiger partial charge is 0.497 e. The van der Waals surface area contributed by atoms with Crippen LogP contribution in [0, 0.1) is 0 Å². The zero-order valence-corrected chi connectivity index (χ0v) is 17.2. The summed E-state index contributed by atoms with van der Waals surface area (Å²) in [6.07, 6.45) is 0.912. The molecule has 0 saturated heterocycles. The van der Waals surface area contributed by atoms with Crippen LogP contribution >= 0.6 is 0 Å². The Morgan fingerprint density at radius 1 is 1.00 bits per heavy atom. The van der Waals surface area contributed by atoms with Crippen LogP contribution in [-0.4, -0.2) is 50.2 Å². The fourth-order valence-corrected chi connectivity index (χ4v) is 3.22. The number of methoxy groups -OCH3 is 1. The van der Waals surface area contributed by atoms with Crippen LogP contribution in [-0.2, 0) is 22.6 Å². The second kappa shape index (κ2) is 12.2. The fraction of sp³-hybridized carbons (Fsp3) is 0.435. The molecule has 0 bridgehead atoms. The minimum Gasteiger partial charge on any atom is -0.497 e. The summed E-state index contributed by atoms with van der Waals surface area (Å²) in [7, 11) is 1.64. The van der Waals surface area contributed by atoms with Crippen LogP contribution in [0.2, 0.25) is 0 Å². The molecular formula is C23H32N2O3. The monoisotopic (exact) mass is 384 g/mol. The van der Waals surface area contributed by atoms with Crippen molar-refractivity contribution in [3.05, 3.63) is 65.7 Å². The van der Waals surface area contributed by atoms with Gasteiger partial charge in [0.1, 0.15) is 12.4 Å². The molecule has 28 heavy (non-hydrogen) atoms. The maximum atomic E-state index is 12.2. The van der Waals surface area contributed by atoms with Crippen molar-refractivity contribution < 1.29 is 14.3 Å². The molecule has 2 aromatic rings. The Kier molecular flexibility index (Phi) is 9.52. The predicted molar refractivity (Wildman–Crippen MR) is 113 cm³/mol. The smallest absolute Gasteiger partial charge is 0.246 e. The Balaban J connectivity index is 1.79. The molecule has 0 aliphatic rings. The Bertz CT molecular complexity index is 685. The van der Waals surface area contributed by atoms with Crippen molar-refractivity contribution in [3.63, 3.8) is 0 Å². The molecule has 2 rings (SSSR count). The summed E-state index contributed by atoms with van der Waals surface area (Å²) in [5.41, 5.74) is 2.29. The van der Waals surface area contributed by atoms with Gasteiger partial charge in [-0.1, -0.05) is 56.3 Å². The van der Waals surface area contributed by atoms with E-state index in [2.05, 4.69) is 48.3 Å². The van der Waals surface area contributed by atoms with E-state index >= 15 is 0 Å². The van der Waals surface area contributed by atoms with Gasteiger partial charge in [0.15, 0.2) is 0 Å². The number of hydrogen-bond acceptors (Lipinski definition) is 4. The van der Waals surface area contributed by atoms with Crippen LogP contribution in [0.5, 0.6) is 5.75 Å². The van der Waals surface area contributed by atoms with Gasteiger partial charge in [0.2, 0.25) is 5.91 Å². The number of rotatable bonds is 12. The van der Waals surface area contributed by atoms with Gasteiger partial charge in [-0.05, 0) is 42.8 Å². The van der Waals surface area contributed by atoms with E-state index in [1.54, 1.807) is 7.11 Å². The third-order valence-electron chi connectivity index (χ3n) is 4.84.